The van der Waals surface area contributed by atoms with E-state index >= 15 is 0 Å². The summed E-state index contributed by atoms with van der Waals surface area (Å²) in [6, 6.07) is 6.07. The van der Waals surface area contributed by atoms with Crippen LogP contribution in [0.4, 0.5) is 5.69 Å². The first-order valence-corrected chi connectivity index (χ1v) is 11.4. The summed E-state index contributed by atoms with van der Waals surface area (Å²) in [6.45, 7) is 11.1. The van der Waals surface area contributed by atoms with Gasteiger partial charge in [-0.05, 0) is 63.6 Å². The molecule has 1 fully saturated rings. The third-order valence-corrected chi connectivity index (χ3v) is 6.25. The third kappa shape index (κ3) is 5.13. The number of aryl methyl sites for hydroxylation is 2. The maximum atomic E-state index is 13.1. The molecule has 7 heteroatoms. The maximum Gasteiger partial charge on any atom is 0.253 e. The topological polar surface area (TPSA) is 68.4 Å². The van der Waals surface area contributed by atoms with Crippen LogP contribution in [0.25, 0.3) is 0 Å². The predicted molar refractivity (Wildman–Crippen MR) is 127 cm³/mol. The Bertz CT molecular complexity index is 1010. The number of aromatic amines is 1. The van der Waals surface area contributed by atoms with Crippen molar-refractivity contribution < 1.29 is 4.79 Å². The molecular weight excluding hydrogens is 412 g/mol. The van der Waals surface area contributed by atoms with Gasteiger partial charge in [-0.1, -0.05) is 24.9 Å². The lowest BCUT2D eigenvalue weighted by Crippen LogP contribution is -2.58. The fraction of sp³-hybridized carbons (Fsp3) is 0.500. The zero-order chi connectivity index (χ0) is 22.7. The first-order valence-electron chi connectivity index (χ1n) is 11.0. The van der Waals surface area contributed by atoms with Crippen LogP contribution in [0, 0.1) is 13.8 Å². The zero-order valence-corrected chi connectivity index (χ0v) is 19.9. The summed E-state index contributed by atoms with van der Waals surface area (Å²) in [6.07, 6.45) is 1.74. The summed E-state index contributed by atoms with van der Waals surface area (Å²) in [4.78, 5) is 33.0. The molecular formula is C24H33ClN4O2. The molecule has 1 aromatic carbocycles. The minimum Gasteiger partial charge on any atom is -0.366 e. The van der Waals surface area contributed by atoms with Crippen LogP contribution < -0.4 is 15.8 Å². The van der Waals surface area contributed by atoms with E-state index in [1.165, 1.54) is 0 Å². The number of amides is 1. The summed E-state index contributed by atoms with van der Waals surface area (Å²) < 4.78 is 0. The molecule has 0 radical (unpaired) electrons. The third-order valence-electron chi connectivity index (χ3n) is 6.03. The Morgan fingerprint density at radius 1 is 1.26 bits per heavy atom. The second kappa shape index (κ2) is 9.88. The lowest BCUT2D eigenvalue weighted by Gasteiger charge is -2.45. The highest BCUT2D eigenvalue weighted by Crippen LogP contribution is 2.31. The number of likely N-dealkylation sites (tertiary alicyclic amines) is 1. The largest absolute Gasteiger partial charge is 0.366 e. The molecule has 168 valence electrons. The Hall–Kier alpha value is -2.31. The molecule has 0 spiro atoms. The van der Waals surface area contributed by atoms with E-state index in [0.717, 1.165) is 55.0 Å². The van der Waals surface area contributed by atoms with E-state index in [9.17, 15) is 9.59 Å². The number of rotatable bonds is 8. The molecule has 1 amide bonds. The van der Waals surface area contributed by atoms with Gasteiger partial charge in [0.1, 0.15) is 0 Å². The molecule has 6 nitrogen and oxygen atoms in total. The fourth-order valence-corrected chi connectivity index (χ4v) is 4.63. The van der Waals surface area contributed by atoms with Crippen molar-refractivity contribution in [2.75, 3.05) is 31.6 Å². The summed E-state index contributed by atoms with van der Waals surface area (Å²) in [5.74, 6) is -0.217. The van der Waals surface area contributed by atoms with Crippen molar-refractivity contribution in [2.24, 2.45) is 0 Å². The summed E-state index contributed by atoms with van der Waals surface area (Å²) in [7, 11) is 2.10. The molecule has 0 saturated carbocycles. The van der Waals surface area contributed by atoms with Crippen LogP contribution in [0.1, 0.15) is 53.0 Å². The number of benzene rings is 1. The number of hydrogen-bond acceptors (Lipinski definition) is 4. The van der Waals surface area contributed by atoms with Gasteiger partial charge in [0, 0.05) is 53.7 Å². The van der Waals surface area contributed by atoms with Crippen molar-refractivity contribution in [2.45, 2.75) is 53.1 Å². The fourth-order valence-electron chi connectivity index (χ4n) is 4.42. The average Bonchev–Trinajstić information content (AvgIpc) is 2.68. The number of halogens is 1. The number of anilines is 1. The Morgan fingerprint density at radius 3 is 2.58 bits per heavy atom. The molecule has 1 aromatic heterocycles. The zero-order valence-electron chi connectivity index (χ0n) is 19.1. The molecule has 1 aliphatic heterocycles. The minimum absolute atomic E-state index is 0.140. The molecule has 0 aliphatic carbocycles. The van der Waals surface area contributed by atoms with Gasteiger partial charge in [-0.3, -0.25) is 9.59 Å². The SMILES string of the molecule is CCCc1cc(C)[nH]c(=O)c1CNC(=O)c1cc(Cl)cc(N(CC)C2CN(C)C2)c1C. The van der Waals surface area contributed by atoms with Crippen molar-refractivity contribution >= 4 is 23.2 Å². The van der Waals surface area contributed by atoms with Crippen LogP contribution in [-0.2, 0) is 13.0 Å². The van der Waals surface area contributed by atoms with Crippen LogP contribution in [-0.4, -0.2) is 48.5 Å². The van der Waals surface area contributed by atoms with Gasteiger partial charge in [0.05, 0.1) is 6.04 Å². The number of nitrogens with zero attached hydrogens (tertiary/aromatic N) is 2. The van der Waals surface area contributed by atoms with Gasteiger partial charge in [0.15, 0.2) is 0 Å². The Morgan fingerprint density at radius 2 is 1.97 bits per heavy atom. The first-order chi connectivity index (χ1) is 14.7. The number of likely N-dealkylation sites (N-methyl/N-ethyl adjacent to an activating group) is 2. The maximum absolute atomic E-state index is 13.1. The predicted octanol–water partition coefficient (Wildman–Crippen LogP) is 3.67. The normalized spacial score (nSPS) is 14.4. The number of carbonyl (C=O) groups is 1. The monoisotopic (exact) mass is 444 g/mol. The molecule has 2 aromatic rings. The number of carbonyl (C=O) groups excluding carboxylic acids is 1. The highest BCUT2D eigenvalue weighted by molar-refractivity contribution is 6.31. The molecule has 0 bridgehead atoms. The number of hydrogen-bond donors (Lipinski definition) is 2. The number of pyridine rings is 1. The first kappa shape index (κ1) is 23.4. The van der Waals surface area contributed by atoms with Gasteiger partial charge >= 0.3 is 0 Å². The van der Waals surface area contributed by atoms with E-state index < -0.39 is 0 Å². The van der Waals surface area contributed by atoms with Crippen LogP contribution >= 0.6 is 11.6 Å². The molecule has 2 N–H and O–H groups in total. The molecule has 0 unspecified atom stereocenters. The van der Waals surface area contributed by atoms with Crippen molar-refractivity contribution in [1.82, 2.24) is 15.2 Å². The highest BCUT2D eigenvalue weighted by Gasteiger charge is 2.30. The van der Waals surface area contributed by atoms with E-state index in [2.05, 4.69) is 41.0 Å². The summed E-state index contributed by atoms with van der Waals surface area (Å²) in [5.41, 5.74) is 4.75. The van der Waals surface area contributed by atoms with E-state index in [-0.39, 0.29) is 18.0 Å². The van der Waals surface area contributed by atoms with Crippen molar-refractivity contribution in [3.63, 3.8) is 0 Å². The smallest absolute Gasteiger partial charge is 0.253 e. The van der Waals surface area contributed by atoms with Gasteiger partial charge in [0.2, 0.25) is 0 Å². The Balaban J connectivity index is 1.85. The second-order valence-corrected chi connectivity index (χ2v) is 8.91. The van der Waals surface area contributed by atoms with E-state index in [0.29, 0.717) is 22.2 Å². The van der Waals surface area contributed by atoms with Gasteiger partial charge < -0.3 is 20.1 Å². The van der Waals surface area contributed by atoms with Crippen molar-refractivity contribution in [3.05, 3.63) is 61.5 Å². The van der Waals surface area contributed by atoms with Gasteiger partial charge in [-0.2, -0.15) is 0 Å². The lowest BCUT2D eigenvalue weighted by molar-refractivity contribution is 0.0950. The Kier molecular flexibility index (Phi) is 7.44. The number of H-pyrrole nitrogens is 1. The lowest BCUT2D eigenvalue weighted by atomic mass is 10.0. The number of nitrogens with one attached hydrogen (secondary N) is 2. The molecule has 2 heterocycles. The van der Waals surface area contributed by atoms with Crippen LogP contribution in [0.15, 0.2) is 23.0 Å². The molecule has 3 rings (SSSR count). The van der Waals surface area contributed by atoms with Crippen LogP contribution in [0.2, 0.25) is 5.02 Å². The van der Waals surface area contributed by atoms with E-state index in [1.54, 1.807) is 6.07 Å². The molecule has 1 saturated heterocycles. The van der Waals surface area contributed by atoms with Gasteiger partial charge in [0.25, 0.3) is 11.5 Å². The quantitative estimate of drug-likeness (QED) is 0.651. The summed E-state index contributed by atoms with van der Waals surface area (Å²) >= 11 is 6.42. The van der Waals surface area contributed by atoms with Crippen LogP contribution in [0.5, 0.6) is 0 Å². The van der Waals surface area contributed by atoms with Gasteiger partial charge in [-0.25, -0.2) is 0 Å². The highest BCUT2D eigenvalue weighted by atomic mass is 35.5. The average molecular weight is 445 g/mol. The second-order valence-electron chi connectivity index (χ2n) is 8.48. The Labute approximate surface area is 189 Å². The molecule has 1 aliphatic rings. The minimum atomic E-state index is -0.217. The van der Waals surface area contributed by atoms with Crippen molar-refractivity contribution in [1.29, 1.82) is 0 Å². The summed E-state index contributed by atoms with van der Waals surface area (Å²) in [5, 5.41) is 3.49. The number of aromatic nitrogens is 1. The standard InChI is InChI=1S/C24H33ClN4O2/c1-6-8-17-9-15(3)27-24(31)21(17)12-26-23(30)20-10-18(25)11-22(16(20)4)29(7-2)19-13-28(5)14-19/h9-11,19H,6-8,12-14H2,1-5H3,(H,26,30)(H,27,31). The van der Waals surface area contributed by atoms with E-state index in [4.69, 9.17) is 11.6 Å². The van der Waals surface area contributed by atoms with E-state index in [1.807, 2.05) is 26.0 Å². The molecule has 0 atom stereocenters. The van der Waals surface area contributed by atoms with Crippen LogP contribution in [0.3, 0.4) is 0 Å². The van der Waals surface area contributed by atoms with Gasteiger partial charge in [-0.15, -0.1) is 0 Å². The van der Waals surface area contributed by atoms with Crippen molar-refractivity contribution in [3.8, 4) is 0 Å². The molecule has 31 heavy (non-hydrogen) atoms.